The third kappa shape index (κ3) is 4.43. The lowest BCUT2D eigenvalue weighted by molar-refractivity contribution is 0.155. The first-order chi connectivity index (χ1) is 14.2. The molecule has 6 heteroatoms. The second-order valence-electron chi connectivity index (χ2n) is 6.94. The number of aryl methyl sites for hydroxylation is 1. The van der Waals surface area contributed by atoms with Gasteiger partial charge in [0, 0.05) is 12.2 Å². The number of methoxy groups -OCH3 is 1. The van der Waals surface area contributed by atoms with E-state index in [1.165, 1.54) is 0 Å². The van der Waals surface area contributed by atoms with Crippen LogP contribution in [0.4, 0.5) is 0 Å². The standard InChI is InChI=1S/C23H30O6/c1-4-27-20-13-16(8-9-19(20)26-3)22-18(14-25)17-11-15(7-6-10-24)12-21(28-5-2)23(17)29-22/h8-9,11-13,18,22,24-25H,4-7,10,14H2,1-3H3/t18-,22+/m0/s1. The molecule has 0 amide bonds. The Hall–Kier alpha value is -2.44. The summed E-state index contributed by atoms with van der Waals surface area (Å²) in [5.74, 6) is 2.45. The molecule has 0 radical (unpaired) electrons. The molecule has 0 saturated carbocycles. The number of aliphatic hydroxyl groups excluding tert-OH is 2. The molecule has 1 aliphatic rings. The van der Waals surface area contributed by atoms with Crippen molar-refractivity contribution in [3.63, 3.8) is 0 Å². The fourth-order valence-corrected chi connectivity index (χ4v) is 3.78. The minimum atomic E-state index is -0.354. The van der Waals surface area contributed by atoms with E-state index in [1.807, 2.05) is 38.1 Å². The molecule has 0 aromatic heterocycles. The van der Waals surface area contributed by atoms with Gasteiger partial charge in [0.15, 0.2) is 23.0 Å². The van der Waals surface area contributed by atoms with Crippen LogP contribution in [0.3, 0.4) is 0 Å². The molecule has 0 fully saturated rings. The van der Waals surface area contributed by atoms with E-state index in [2.05, 4.69) is 6.07 Å². The van der Waals surface area contributed by atoms with Crippen LogP contribution in [0, 0.1) is 0 Å². The third-order valence-corrected chi connectivity index (χ3v) is 5.09. The number of ether oxygens (including phenoxy) is 4. The Labute approximate surface area is 172 Å². The third-order valence-electron chi connectivity index (χ3n) is 5.09. The zero-order chi connectivity index (χ0) is 20.8. The van der Waals surface area contributed by atoms with Gasteiger partial charge in [-0.2, -0.15) is 0 Å². The average molecular weight is 402 g/mol. The van der Waals surface area contributed by atoms with Gasteiger partial charge in [-0.3, -0.25) is 0 Å². The van der Waals surface area contributed by atoms with Crippen molar-refractivity contribution >= 4 is 0 Å². The van der Waals surface area contributed by atoms with Crippen molar-refractivity contribution in [2.45, 2.75) is 38.7 Å². The topological polar surface area (TPSA) is 77.4 Å². The van der Waals surface area contributed by atoms with E-state index in [9.17, 15) is 10.2 Å². The van der Waals surface area contributed by atoms with Crippen LogP contribution in [-0.2, 0) is 6.42 Å². The highest BCUT2D eigenvalue weighted by Crippen LogP contribution is 2.51. The van der Waals surface area contributed by atoms with Crippen LogP contribution in [0.5, 0.6) is 23.0 Å². The first-order valence-electron chi connectivity index (χ1n) is 10.1. The van der Waals surface area contributed by atoms with Crippen molar-refractivity contribution < 1.29 is 29.2 Å². The van der Waals surface area contributed by atoms with Crippen molar-refractivity contribution in [1.29, 1.82) is 0 Å². The molecule has 3 rings (SSSR count). The van der Waals surface area contributed by atoms with E-state index in [0.717, 1.165) is 23.1 Å². The van der Waals surface area contributed by atoms with Crippen LogP contribution < -0.4 is 18.9 Å². The Bertz CT molecular complexity index is 819. The zero-order valence-electron chi connectivity index (χ0n) is 17.3. The maximum Gasteiger partial charge on any atom is 0.165 e. The molecule has 6 nitrogen and oxygen atoms in total. The highest BCUT2D eigenvalue weighted by Gasteiger charge is 2.38. The molecule has 158 valence electrons. The van der Waals surface area contributed by atoms with Crippen molar-refractivity contribution in [1.82, 2.24) is 0 Å². The number of benzene rings is 2. The van der Waals surface area contributed by atoms with Gasteiger partial charge in [0.05, 0.1) is 32.8 Å². The number of hydrogen-bond donors (Lipinski definition) is 2. The zero-order valence-corrected chi connectivity index (χ0v) is 17.3. The normalized spacial score (nSPS) is 17.6. The van der Waals surface area contributed by atoms with Crippen molar-refractivity contribution in [3.8, 4) is 23.0 Å². The number of fused-ring (bicyclic) bond motifs is 1. The monoisotopic (exact) mass is 402 g/mol. The van der Waals surface area contributed by atoms with Crippen molar-refractivity contribution in [2.24, 2.45) is 0 Å². The average Bonchev–Trinajstić information content (AvgIpc) is 3.11. The van der Waals surface area contributed by atoms with Crippen LogP contribution in [0.25, 0.3) is 0 Å². The molecule has 2 aromatic carbocycles. The highest BCUT2D eigenvalue weighted by atomic mass is 16.5. The fraction of sp³-hybridized carbons (Fsp3) is 0.478. The van der Waals surface area contributed by atoms with Crippen LogP contribution in [0.2, 0.25) is 0 Å². The van der Waals surface area contributed by atoms with Gasteiger partial charge in [-0.25, -0.2) is 0 Å². The minimum absolute atomic E-state index is 0.0529. The smallest absolute Gasteiger partial charge is 0.165 e. The summed E-state index contributed by atoms with van der Waals surface area (Å²) in [7, 11) is 1.61. The van der Waals surface area contributed by atoms with E-state index < -0.39 is 0 Å². The Morgan fingerprint density at radius 2 is 1.72 bits per heavy atom. The molecule has 2 aromatic rings. The molecule has 0 unspecified atom stereocenters. The number of rotatable bonds is 10. The predicted octanol–water partition coefficient (Wildman–Crippen LogP) is 3.63. The summed E-state index contributed by atoms with van der Waals surface area (Å²) in [6.45, 7) is 4.98. The molecular weight excluding hydrogens is 372 g/mol. The van der Waals surface area contributed by atoms with Gasteiger partial charge in [0.1, 0.15) is 6.10 Å². The quantitative estimate of drug-likeness (QED) is 0.632. The summed E-state index contributed by atoms with van der Waals surface area (Å²) in [5.41, 5.74) is 2.91. The Balaban J connectivity index is 2.00. The van der Waals surface area contributed by atoms with Gasteiger partial charge in [-0.1, -0.05) is 12.1 Å². The fourth-order valence-electron chi connectivity index (χ4n) is 3.78. The molecule has 1 heterocycles. The van der Waals surface area contributed by atoms with Gasteiger partial charge in [0.25, 0.3) is 0 Å². The summed E-state index contributed by atoms with van der Waals surface area (Å²) in [6.07, 6.45) is 1.06. The molecule has 29 heavy (non-hydrogen) atoms. The van der Waals surface area contributed by atoms with Gasteiger partial charge in [-0.15, -0.1) is 0 Å². The molecule has 1 aliphatic heterocycles. The Morgan fingerprint density at radius 3 is 2.38 bits per heavy atom. The molecule has 0 spiro atoms. The van der Waals surface area contributed by atoms with E-state index in [4.69, 9.17) is 18.9 Å². The maximum atomic E-state index is 10.2. The Kier molecular flexibility index (Phi) is 7.23. The summed E-state index contributed by atoms with van der Waals surface area (Å²) in [6, 6.07) is 9.73. The first kappa shape index (κ1) is 21.3. The second kappa shape index (κ2) is 9.85. The van der Waals surface area contributed by atoms with Crippen molar-refractivity contribution in [2.75, 3.05) is 33.5 Å². The van der Waals surface area contributed by atoms with E-state index in [1.54, 1.807) is 7.11 Å². The number of aliphatic hydroxyl groups is 2. The van der Waals surface area contributed by atoms with E-state index in [-0.39, 0.29) is 25.2 Å². The molecule has 2 atom stereocenters. The molecule has 0 aliphatic carbocycles. The summed E-state index contributed by atoms with van der Waals surface area (Å²) in [4.78, 5) is 0. The number of hydrogen-bond acceptors (Lipinski definition) is 6. The summed E-state index contributed by atoms with van der Waals surface area (Å²) in [5, 5.41) is 19.4. The molecule has 0 bridgehead atoms. The van der Waals surface area contributed by atoms with Crippen molar-refractivity contribution in [3.05, 3.63) is 47.0 Å². The van der Waals surface area contributed by atoms with Gasteiger partial charge in [-0.05, 0) is 56.0 Å². The minimum Gasteiger partial charge on any atom is -0.493 e. The maximum absolute atomic E-state index is 10.2. The van der Waals surface area contributed by atoms with Gasteiger partial charge >= 0.3 is 0 Å². The summed E-state index contributed by atoms with van der Waals surface area (Å²) < 4.78 is 23.2. The lowest BCUT2D eigenvalue weighted by atomic mass is 9.90. The lowest BCUT2D eigenvalue weighted by Crippen LogP contribution is -2.13. The largest absolute Gasteiger partial charge is 0.493 e. The van der Waals surface area contributed by atoms with Crippen LogP contribution >= 0.6 is 0 Å². The predicted molar refractivity (Wildman–Crippen MR) is 110 cm³/mol. The SMILES string of the molecule is CCOc1cc([C@H]2Oc3c(OCC)cc(CCCO)cc3[C@@H]2CO)ccc1OC. The molecule has 0 saturated heterocycles. The van der Waals surface area contributed by atoms with Crippen LogP contribution in [0.15, 0.2) is 30.3 Å². The van der Waals surface area contributed by atoms with Gasteiger partial charge in [0.2, 0.25) is 0 Å². The van der Waals surface area contributed by atoms with Crippen LogP contribution in [-0.4, -0.2) is 43.8 Å². The van der Waals surface area contributed by atoms with Gasteiger partial charge < -0.3 is 29.2 Å². The second-order valence-corrected chi connectivity index (χ2v) is 6.94. The Morgan fingerprint density at radius 1 is 0.966 bits per heavy atom. The molecule has 2 N–H and O–H groups in total. The van der Waals surface area contributed by atoms with E-state index in [0.29, 0.717) is 42.6 Å². The highest BCUT2D eigenvalue weighted by molar-refractivity contribution is 5.56. The summed E-state index contributed by atoms with van der Waals surface area (Å²) >= 11 is 0. The molecular formula is C23H30O6. The van der Waals surface area contributed by atoms with Crippen LogP contribution in [0.1, 0.15) is 49.0 Å². The van der Waals surface area contributed by atoms with E-state index >= 15 is 0 Å². The lowest BCUT2D eigenvalue weighted by Gasteiger charge is -2.19. The first-order valence-corrected chi connectivity index (χ1v) is 10.1.